The Morgan fingerprint density at radius 3 is 2.32 bits per heavy atom. The zero-order valence-corrected chi connectivity index (χ0v) is 19.3. The molecule has 0 aliphatic carbocycles. The number of hydrogen-bond donors (Lipinski definition) is 1. The summed E-state index contributed by atoms with van der Waals surface area (Å²) in [7, 11) is -3.66. The van der Waals surface area contributed by atoms with E-state index in [0.717, 1.165) is 6.07 Å². The third-order valence-electron chi connectivity index (χ3n) is 5.36. The number of benzene rings is 2. The number of rotatable bonds is 8. The Morgan fingerprint density at radius 1 is 1.12 bits per heavy atom. The van der Waals surface area contributed by atoms with Crippen molar-refractivity contribution >= 4 is 33.2 Å². The largest absolute Gasteiger partial charge is 0.573 e. The summed E-state index contributed by atoms with van der Waals surface area (Å²) in [5.41, 5.74) is 0.251. The molecular weight excluding hydrogens is 475 g/mol. The Labute approximate surface area is 195 Å². The molecule has 0 aromatic heterocycles. The van der Waals surface area contributed by atoms with E-state index in [-0.39, 0.29) is 29.5 Å². The van der Waals surface area contributed by atoms with E-state index in [0.29, 0.717) is 18.8 Å². The zero-order valence-electron chi connectivity index (χ0n) is 18.5. The van der Waals surface area contributed by atoms with Gasteiger partial charge in [-0.3, -0.25) is 9.59 Å². The predicted octanol–water partition coefficient (Wildman–Crippen LogP) is 3.61. The maximum Gasteiger partial charge on any atom is 0.573 e. The van der Waals surface area contributed by atoms with Crippen LogP contribution in [0.4, 0.5) is 24.5 Å². The number of nitrogens with one attached hydrogen (secondary N) is 1. The van der Waals surface area contributed by atoms with Crippen molar-refractivity contribution in [1.29, 1.82) is 0 Å². The van der Waals surface area contributed by atoms with Crippen LogP contribution in [0.1, 0.15) is 20.3 Å². The molecule has 2 amide bonds. The molecule has 1 fully saturated rings. The lowest BCUT2D eigenvalue weighted by Gasteiger charge is -2.20. The van der Waals surface area contributed by atoms with Crippen LogP contribution in [-0.2, 0) is 19.6 Å². The van der Waals surface area contributed by atoms with Crippen LogP contribution < -0.4 is 15.0 Å². The van der Waals surface area contributed by atoms with Crippen molar-refractivity contribution in [3.8, 4) is 5.75 Å². The monoisotopic (exact) mass is 499 g/mol. The van der Waals surface area contributed by atoms with Crippen LogP contribution in [0, 0.1) is 5.92 Å². The van der Waals surface area contributed by atoms with Crippen LogP contribution in [0.25, 0.3) is 0 Å². The van der Waals surface area contributed by atoms with Crippen molar-refractivity contribution < 1.29 is 35.9 Å². The lowest BCUT2D eigenvalue weighted by molar-refractivity contribution is -0.274. The molecule has 0 saturated carbocycles. The number of halogens is 3. The number of anilines is 2. The van der Waals surface area contributed by atoms with Gasteiger partial charge in [-0.05, 0) is 36.4 Å². The zero-order chi connectivity index (χ0) is 25.1. The van der Waals surface area contributed by atoms with Gasteiger partial charge in [0.25, 0.3) is 0 Å². The van der Waals surface area contributed by atoms with Crippen molar-refractivity contribution in [2.24, 2.45) is 5.92 Å². The second-order valence-corrected chi connectivity index (χ2v) is 9.46. The van der Waals surface area contributed by atoms with Gasteiger partial charge in [-0.15, -0.1) is 13.2 Å². The van der Waals surface area contributed by atoms with E-state index in [2.05, 4.69) is 10.1 Å². The summed E-state index contributed by atoms with van der Waals surface area (Å²) in [4.78, 5) is 26.6. The van der Waals surface area contributed by atoms with Gasteiger partial charge < -0.3 is 15.0 Å². The molecule has 1 aliphatic rings. The Bertz CT molecular complexity index is 1150. The highest BCUT2D eigenvalue weighted by Gasteiger charge is 2.36. The summed E-state index contributed by atoms with van der Waals surface area (Å²) < 4.78 is 68.3. The number of amides is 2. The molecular formula is C22H24F3N3O5S. The molecule has 184 valence electrons. The average molecular weight is 500 g/mol. The molecule has 1 atom stereocenters. The van der Waals surface area contributed by atoms with E-state index in [9.17, 15) is 31.2 Å². The second-order valence-electron chi connectivity index (χ2n) is 7.52. The summed E-state index contributed by atoms with van der Waals surface area (Å²) in [6.07, 6.45) is -5.07. The summed E-state index contributed by atoms with van der Waals surface area (Å²) in [6, 6.07) is 10.9. The molecule has 3 rings (SSSR count). The summed E-state index contributed by atoms with van der Waals surface area (Å²) in [6.45, 7) is 4.10. The Balaban J connectivity index is 1.72. The van der Waals surface area contributed by atoms with Gasteiger partial charge in [-0.1, -0.05) is 26.0 Å². The van der Waals surface area contributed by atoms with Gasteiger partial charge in [-0.2, -0.15) is 4.31 Å². The summed E-state index contributed by atoms with van der Waals surface area (Å²) in [5, 5.41) is 2.39. The standard InChI is InChI=1S/C22H24F3N3O5S/c1-3-27(4-2)34(31,32)17-11-9-16(10-12-17)28-14-15(13-20(28)29)21(30)26-18-7-5-6-8-19(18)33-22(23,24)25/h5-12,15H,3-4,13-14H2,1-2H3,(H,26,30). The van der Waals surface area contributed by atoms with Gasteiger partial charge >= 0.3 is 6.36 Å². The maximum absolute atomic E-state index is 12.7. The van der Waals surface area contributed by atoms with Gasteiger partial charge in [-0.25, -0.2) is 8.42 Å². The van der Waals surface area contributed by atoms with Gasteiger partial charge in [0.1, 0.15) is 0 Å². The molecule has 12 heteroatoms. The van der Waals surface area contributed by atoms with E-state index in [1.807, 2.05) is 0 Å². The van der Waals surface area contributed by atoms with E-state index in [1.165, 1.54) is 51.7 Å². The number of alkyl halides is 3. The highest BCUT2D eigenvalue weighted by atomic mass is 32.2. The molecule has 1 saturated heterocycles. The van der Waals surface area contributed by atoms with Crippen molar-refractivity contribution in [2.45, 2.75) is 31.5 Å². The topological polar surface area (TPSA) is 96.0 Å². The lowest BCUT2D eigenvalue weighted by atomic mass is 10.1. The van der Waals surface area contributed by atoms with Crippen molar-refractivity contribution in [3.05, 3.63) is 48.5 Å². The van der Waals surface area contributed by atoms with E-state index < -0.39 is 34.0 Å². The van der Waals surface area contributed by atoms with Crippen LogP contribution in [-0.4, -0.2) is 50.5 Å². The van der Waals surface area contributed by atoms with Crippen molar-refractivity contribution in [3.63, 3.8) is 0 Å². The third kappa shape index (κ3) is 5.68. The number of ether oxygens (including phenoxy) is 1. The lowest BCUT2D eigenvalue weighted by Crippen LogP contribution is -2.31. The highest BCUT2D eigenvalue weighted by molar-refractivity contribution is 7.89. The molecule has 8 nitrogen and oxygen atoms in total. The molecule has 1 unspecified atom stereocenters. The smallest absolute Gasteiger partial charge is 0.404 e. The third-order valence-corrected chi connectivity index (χ3v) is 7.42. The first-order valence-corrected chi connectivity index (χ1v) is 12.0. The second kappa shape index (κ2) is 10.0. The van der Waals surface area contributed by atoms with E-state index in [4.69, 9.17) is 0 Å². The number of nitrogens with zero attached hydrogens (tertiary/aromatic N) is 2. The van der Waals surface area contributed by atoms with E-state index in [1.54, 1.807) is 13.8 Å². The maximum atomic E-state index is 12.7. The number of para-hydroxylation sites is 2. The molecule has 34 heavy (non-hydrogen) atoms. The van der Waals surface area contributed by atoms with Crippen molar-refractivity contribution in [2.75, 3.05) is 29.9 Å². The van der Waals surface area contributed by atoms with E-state index >= 15 is 0 Å². The molecule has 1 heterocycles. The highest BCUT2D eigenvalue weighted by Crippen LogP contribution is 2.32. The number of carbonyl (C=O) groups is 2. The summed E-state index contributed by atoms with van der Waals surface area (Å²) in [5.74, 6) is -2.37. The molecule has 0 radical (unpaired) electrons. The fourth-order valence-corrected chi connectivity index (χ4v) is 5.12. The normalized spacial score (nSPS) is 16.7. The Morgan fingerprint density at radius 2 is 1.74 bits per heavy atom. The van der Waals surface area contributed by atoms with Crippen LogP contribution in [0.2, 0.25) is 0 Å². The van der Waals surface area contributed by atoms with Gasteiger partial charge in [0.2, 0.25) is 21.8 Å². The molecule has 1 N–H and O–H groups in total. The SMILES string of the molecule is CCN(CC)S(=O)(=O)c1ccc(N2CC(C(=O)Nc3ccccc3OC(F)(F)F)CC2=O)cc1. The average Bonchev–Trinajstić information content (AvgIpc) is 3.16. The molecule has 1 aliphatic heterocycles. The molecule has 0 bridgehead atoms. The van der Waals surface area contributed by atoms with Crippen LogP contribution in [0.5, 0.6) is 5.75 Å². The predicted molar refractivity (Wildman–Crippen MR) is 119 cm³/mol. The summed E-state index contributed by atoms with van der Waals surface area (Å²) >= 11 is 0. The first-order chi connectivity index (χ1) is 16.0. The van der Waals surface area contributed by atoms with Crippen LogP contribution in [0.3, 0.4) is 0 Å². The van der Waals surface area contributed by atoms with Gasteiger partial charge in [0.15, 0.2) is 5.75 Å². The molecule has 2 aromatic rings. The fourth-order valence-electron chi connectivity index (χ4n) is 3.66. The number of sulfonamides is 1. The van der Waals surface area contributed by atoms with Crippen LogP contribution in [0.15, 0.2) is 53.4 Å². The number of hydrogen-bond acceptors (Lipinski definition) is 5. The quantitative estimate of drug-likeness (QED) is 0.599. The first kappa shape index (κ1) is 25.5. The van der Waals surface area contributed by atoms with Gasteiger partial charge in [0, 0.05) is 31.7 Å². The molecule has 2 aromatic carbocycles. The Kier molecular flexibility index (Phi) is 7.51. The van der Waals surface area contributed by atoms with Crippen molar-refractivity contribution in [1.82, 2.24) is 4.31 Å². The fraction of sp³-hybridized carbons (Fsp3) is 0.364. The minimum Gasteiger partial charge on any atom is -0.404 e. The first-order valence-electron chi connectivity index (χ1n) is 10.5. The minimum absolute atomic E-state index is 0.00486. The number of carbonyl (C=O) groups excluding carboxylic acids is 2. The minimum atomic E-state index is -4.92. The molecule has 0 spiro atoms. The Hall–Kier alpha value is -3.12. The van der Waals surface area contributed by atoms with Gasteiger partial charge in [0.05, 0.1) is 16.5 Å². The van der Waals surface area contributed by atoms with Crippen LogP contribution >= 0.6 is 0 Å².